The van der Waals surface area contributed by atoms with Crippen molar-refractivity contribution in [2.45, 2.75) is 105 Å². The fourth-order valence-electron chi connectivity index (χ4n) is 7.22. The van der Waals surface area contributed by atoms with E-state index in [9.17, 15) is 19.5 Å². The molecule has 53 heavy (non-hydrogen) atoms. The Bertz CT molecular complexity index is 1670. The first-order valence-electron chi connectivity index (χ1n) is 18.7. The molecule has 290 valence electrons. The van der Waals surface area contributed by atoms with Crippen molar-refractivity contribution in [2.75, 3.05) is 33.5 Å². The van der Waals surface area contributed by atoms with E-state index in [4.69, 9.17) is 33.4 Å². The molecule has 7 atom stereocenters. The molecule has 2 N–H and O–H groups in total. The minimum Gasteiger partial charge on any atom is -0.467 e. The van der Waals surface area contributed by atoms with Crippen molar-refractivity contribution < 1.29 is 47.9 Å². The normalized spacial score (nSPS) is 32.5. The van der Waals surface area contributed by atoms with Crippen LogP contribution >= 0.6 is 0 Å². The van der Waals surface area contributed by atoms with Crippen LogP contribution in [0.25, 0.3) is 0 Å². The maximum atomic E-state index is 13.8. The van der Waals surface area contributed by atoms with Gasteiger partial charge >= 0.3 is 17.9 Å². The van der Waals surface area contributed by atoms with Crippen LogP contribution in [0.3, 0.4) is 0 Å². The number of carbonyl (C=O) groups excluding carboxylic acids is 3. The van der Waals surface area contributed by atoms with Crippen molar-refractivity contribution in [2.24, 2.45) is 28.2 Å². The highest BCUT2D eigenvalue weighted by molar-refractivity contribution is 5.94. The molecule has 1 aromatic heterocycles. The molecule has 0 saturated carbocycles. The summed E-state index contributed by atoms with van der Waals surface area (Å²) in [7, 11) is 1.66. The van der Waals surface area contributed by atoms with Crippen molar-refractivity contribution in [3.8, 4) is 0 Å². The third-order valence-electron chi connectivity index (χ3n) is 10.3. The maximum Gasteiger partial charge on any atom is 0.318 e. The Morgan fingerprint density at radius 3 is 2.57 bits per heavy atom. The highest BCUT2D eigenvalue weighted by atomic mass is 16.6. The minimum atomic E-state index is -1.46. The Morgan fingerprint density at radius 1 is 1.11 bits per heavy atom. The zero-order valence-corrected chi connectivity index (χ0v) is 32.3. The van der Waals surface area contributed by atoms with Gasteiger partial charge in [0.05, 0.1) is 38.3 Å². The van der Waals surface area contributed by atoms with Crippen LogP contribution in [-0.2, 0) is 49.2 Å². The number of hydrogen-bond acceptors (Lipinski definition) is 11. The van der Waals surface area contributed by atoms with Crippen molar-refractivity contribution in [3.05, 3.63) is 70.1 Å². The first-order valence-corrected chi connectivity index (χ1v) is 18.7. The number of carbonyl (C=O) groups is 3. The first-order chi connectivity index (χ1) is 25.2. The lowest BCUT2D eigenvalue weighted by Crippen LogP contribution is -2.43. The number of aromatic nitrogens is 1. The van der Waals surface area contributed by atoms with Gasteiger partial charge in [0.15, 0.2) is 18.3 Å². The summed E-state index contributed by atoms with van der Waals surface area (Å²) in [4.78, 5) is 48.7. The lowest BCUT2D eigenvalue weighted by Gasteiger charge is -2.28. The summed E-state index contributed by atoms with van der Waals surface area (Å²) in [5.41, 5.74) is 3.92. The van der Waals surface area contributed by atoms with E-state index in [1.54, 1.807) is 14.0 Å². The minimum absolute atomic E-state index is 0.0686. The van der Waals surface area contributed by atoms with Crippen LogP contribution in [0, 0.1) is 23.2 Å². The molecule has 1 aromatic rings. The summed E-state index contributed by atoms with van der Waals surface area (Å²) in [6.07, 6.45) is 6.64. The van der Waals surface area contributed by atoms with Crippen molar-refractivity contribution >= 4 is 23.8 Å². The van der Waals surface area contributed by atoms with Gasteiger partial charge in [-0.15, -0.1) is 0 Å². The number of aromatic amines is 1. The molecule has 0 aliphatic carbocycles. The number of hydrogen-bond donors (Lipinski definition) is 2. The van der Waals surface area contributed by atoms with Crippen LogP contribution in [0.5, 0.6) is 0 Å². The number of rotatable bonds is 9. The third kappa shape index (κ3) is 9.39. The second kappa shape index (κ2) is 17.4. The number of H-pyrrole nitrogens is 1. The fraction of sp³-hybridized carbons (Fsp3) is 0.610. The second-order valence-electron chi connectivity index (χ2n) is 15.7. The first kappa shape index (κ1) is 40.2. The topological polar surface area (TPSA) is 155 Å². The number of nitrogens with zero attached hydrogens (tertiary/aromatic N) is 1. The zero-order chi connectivity index (χ0) is 38.4. The molecule has 4 aliphatic rings. The van der Waals surface area contributed by atoms with Gasteiger partial charge in [-0.25, -0.2) is 4.99 Å². The predicted octanol–water partition coefficient (Wildman–Crippen LogP) is 5.35. The molecule has 1 unspecified atom stereocenters. The van der Waals surface area contributed by atoms with Crippen LogP contribution < -0.4 is 0 Å². The standard InChI is InChI=1S/C41H56N2O10/c1-23(2)16-27-18-35(45)52-37-36(53-40(47)41(37,7)22-44)26(6)11-12-28-13-14-31(42-28)38-43-32(34(51-38)21-50-39(27)46)19-29-30(25(5)10-9-15-48-8)20-49-33(29)17-24(3)4/h9-11,13-14,19,23-24,27,32-34,36-37,42,44H,12,15-18,20-22H2,1-8H3/b10-9+,26-11+,29-19-,30-25+/t27-,32-,33?,34-,36-,37-,41+/m0/s1. The lowest BCUT2D eigenvalue weighted by molar-refractivity contribution is -0.164. The number of aliphatic hydroxyl groups is 1. The lowest BCUT2D eigenvalue weighted by atomic mass is 9.83. The van der Waals surface area contributed by atoms with Crippen molar-refractivity contribution in [1.29, 1.82) is 0 Å². The number of allylic oxidation sites excluding steroid dienone is 3. The molecule has 5 heterocycles. The molecule has 0 spiro atoms. The largest absolute Gasteiger partial charge is 0.467 e. The molecule has 0 aromatic carbocycles. The quantitative estimate of drug-likeness (QED) is 0.193. The monoisotopic (exact) mass is 736 g/mol. The van der Waals surface area contributed by atoms with Crippen LogP contribution in [0.2, 0.25) is 0 Å². The fourth-order valence-corrected chi connectivity index (χ4v) is 7.22. The number of fused-ring (bicyclic) bond motifs is 6. The van der Waals surface area contributed by atoms with E-state index in [0.717, 1.165) is 28.8 Å². The van der Waals surface area contributed by atoms with E-state index in [2.05, 4.69) is 31.8 Å². The number of nitrogens with one attached hydrogen (secondary N) is 1. The molecule has 4 aliphatic heterocycles. The Hall–Kier alpha value is -4.00. The van der Waals surface area contributed by atoms with Crippen molar-refractivity contribution in [1.82, 2.24) is 4.98 Å². The summed E-state index contributed by atoms with van der Waals surface area (Å²) in [5.74, 6) is -1.85. The molecule has 2 saturated heterocycles. The maximum absolute atomic E-state index is 13.8. The number of aliphatic hydroxyl groups excluding tert-OH is 1. The molecular formula is C41H56N2O10. The summed E-state index contributed by atoms with van der Waals surface area (Å²) >= 11 is 0. The third-order valence-corrected chi connectivity index (χ3v) is 10.3. The highest BCUT2D eigenvalue weighted by Crippen LogP contribution is 2.40. The summed E-state index contributed by atoms with van der Waals surface area (Å²) < 4.78 is 35.6. The van der Waals surface area contributed by atoms with Gasteiger partial charge < -0.3 is 38.5 Å². The zero-order valence-electron chi connectivity index (χ0n) is 32.3. The van der Waals surface area contributed by atoms with Crippen LogP contribution in [0.15, 0.2) is 63.7 Å². The number of methoxy groups -OCH3 is 1. The van der Waals surface area contributed by atoms with Crippen LogP contribution in [0.1, 0.15) is 79.1 Å². The van der Waals surface area contributed by atoms with Gasteiger partial charge in [0.2, 0.25) is 5.90 Å². The molecule has 0 radical (unpaired) electrons. The molecule has 12 nitrogen and oxygen atoms in total. The van der Waals surface area contributed by atoms with E-state index in [0.29, 0.717) is 49.1 Å². The van der Waals surface area contributed by atoms with Gasteiger partial charge in [0, 0.05) is 19.2 Å². The van der Waals surface area contributed by atoms with Crippen LogP contribution in [-0.4, -0.2) is 97.9 Å². The van der Waals surface area contributed by atoms with E-state index in [1.165, 1.54) is 6.92 Å². The Balaban J connectivity index is 1.53. The summed E-state index contributed by atoms with van der Waals surface area (Å²) in [6.45, 7) is 13.9. The molecular weight excluding hydrogens is 680 g/mol. The summed E-state index contributed by atoms with van der Waals surface area (Å²) in [6, 6.07) is 3.32. The van der Waals surface area contributed by atoms with E-state index < -0.39 is 60.2 Å². The molecule has 4 bridgehead atoms. The van der Waals surface area contributed by atoms with Gasteiger partial charge in [-0.3, -0.25) is 14.4 Å². The molecule has 2 fully saturated rings. The van der Waals surface area contributed by atoms with Gasteiger partial charge in [0.25, 0.3) is 0 Å². The summed E-state index contributed by atoms with van der Waals surface area (Å²) in [5, 5.41) is 10.3. The SMILES string of the molecule is COC/C=C/C(C)=C1\COC(CC(C)C)\C1=C/[C@@H]1N=C2O[C@H]1COC(=O)[C@@H](CC(C)C)CC(=O)O[C@H]1[C@@H](OC(=O)[C@]1(C)CO)/C(C)=C/Cc1ccc2[nH]1. The number of aliphatic imine (C=N–C) groups is 1. The predicted molar refractivity (Wildman–Crippen MR) is 198 cm³/mol. The van der Waals surface area contributed by atoms with Gasteiger partial charge in [0.1, 0.15) is 23.8 Å². The average Bonchev–Trinajstić information content (AvgIpc) is 3.89. The second-order valence-corrected chi connectivity index (χ2v) is 15.7. The number of cyclic esters (lactones) is 1. The average molecular weight is 737 g/mol. The van der Waals surface area contributed by atoms with Gasteiger partial charge in [-0.05, 0) is 85.9 Å². The van der Waals surface area contributed by atoms with E-state index in [-0.39, 0.29) is 25.0 Å². The van der Waals surface area contributed by atoms with Crippen LogP contribution in [0.4, 0.5) is 0 Å². The number of ether oxygens (including phenoxy) is 6. The Morgan fingerprint density at radius 2 is 1.87 bits per heavy atom. The van der Waals surface area contributed by atoms with Gasteiger partial charge in [-0.2, -0.15) is 0 Å². The Kier molecular flexibility index (Phi) is 13.2. The van der Waals surface area contributed by atoms with Crippen molar-refractivity contribution in [3.63, 3.8) is 0 Å². The van der Waals surface area contributed by atoms with E-state index >= 15 is 0 Å². The molecule has 5 rings (SSSR count). The van der Waals surface area contributed by atoms with E-state index in [1.807, 2.05) is 44.2 Å². The molecule has 0 amide bonds. The Labute approximate surface area is 312 Å². The number of esters is 3. The highest BCUT2D eigenvalue weighted by Gasteiger charge is 2.57. The van der Waals surface area contributed by atoms with Gasteiger partial charge in [-0.1, -0.05) is 45.9 Å². The molecule has 12 heteroatoms. The smallest absolute Gasteiger partial charge is 0.318 e.